The summed E-state index contributed by atoms with van der Waals surface area (Å²) in [6.45, 7) is 7.97. The van der Waals surface area contributed by atoms with E-state index in [9.17, 15) is 0 Å². The van der Waals surface area contributed by atoms with Gasteiger partial charge in [0.2, 0.25) is 0 Å². The van der Waals surface area contributed by atoms with E-state index < -0.39 is 0 Å². The fourth-order valence-electron chi connectivity index (χ4n) is 2.87. The Morgan fingerprint density at radius 2 is 2.17 bits per heavy atom. The van der Waals surface area contributed by atoms with Crippen LogP contribution >= 0.6 is 0 Å². The molecule has 0 aliphatic carbocycles. The Hall–Kier alpha value is -1.02. The standard InChI is InChI=1S/C16H25NO/c1-11(2)8-15-13-6-5-7-16(18-4)14(13)9-12(3)10-17-15/h5-7,11-12,15,17H,8-10H2,1-4H3. The molecule has 1 N–H and O–H groups in total. The van der Waals surface area contributed by atoms with Crippen molar-refractivity contribution in [2.24, 2.45) is 11.8 Å². The molecule has 2 heteroatoms. The van der Waals surface area contributed by atoms with Crippen molar-refractivity contribution >= 4 is 0 Å². The second kappa shape index (κ2) is 5.75. The van der Waals surface area contributed by atoms with Gasteiger partial charge in [-0.3, -0.25) is 0 Å². The van der Waals surface area contributed by atoms with Crippen LogP contribution in [-0.4, -0.2) is 13.7 Å². The summed E-state index contributed by atoms with van der Waals surface area (Å²) in [4.78, 5) is 0. The lowest BCUT2D eigenvalue weighted by molar-refractivity contribution is 0.406. The molecule has 18 heavy (non-hydrogen) atoms. The van der Waals surface area contributed by atoms with Gasteiger partial charge in [0.05, 0.1) is 7.11 Å². The highest BCUT2D eigenvalue weighted by Crippen LogP contribution is 2.34. The van der Waals surface area contributed by atoms with Crippen molar-refractivity contribution in [1.29, 1.82) is 0 Å². The zero-order valence-electron chi connectivity index (χ0n) is 12.0. The van der Waals surface area contributed by atoms with Crippen molar-refractivity contribution in [1.82, 2.24) is 5.32 Å². The van der Waals surface area contributed by atoms with E-state index in [0.29, 0.717) is 17.9 Å². The molecule has 2 rings (SSSR count). The number of methoxy groups -OCH3 is 1. The van der Waals surface area contributed by atoms with Gasteiger partial charge in [0.15, 0.2) is 0 Å². The summed E-state index contributed by atoms with van der Waals surface area (Å²) in [6, 6.07) is 6.93. The maximum atomic E-state index is 5.54. The van der Waals surface area contributed by atoms with E-state index >= 15 is 0 Å². The van der Waals surface area contributed by atoms with Gasteiger partial charge in [0.25, 0.3) is 0 Å². The number of benzene rings is 1. The third-order valence-electron chi connectivity index (χ3n) is 3.74. The molecular formula is C16H25NO. The van der Waals surface area contributed by atoms with Gasteiger partial charge in [0.1, 0.15) is 5.75 Å². The van der Waals surface area contributed by atoms with E-state index in [2.05, 4.69) is 44.3 Å². The van der Waals surface area contributed by atoms with Gasteiger partial charge in [0, 0.05) is 6.04 Å². The Labute approximate surface area is 111 Å². The van der Waals surface area contributed by atoms with Crippen LogP contribution in [0.3, 0.4) is 0 Å². The Balaban J connectivity index is 2.38. The quantitative estimate of drug-likeness (QED) is 0.881. The molecule has 0 saturated heterocycles. The molecule has 1 heterocycles. The summed E-state index contributed by atoms with van der Waals surface area (Å²) in [5, 5.41) is 3.71. The first-order valence-electron chi connectivity index (χ1n) is 7.01. The molecule has 0 radical (unpaired) electrons. The summed E-state index contributed by atoms with van der Waals surface area (Å²) in [5.41, 5.74) is 2.84. The first-order chi connectivity index (χ1) is 8.61. The molecule has 1 aromatic rings. The Morgan fingerprint density at radius 3 is 2.83 bits per heavy atom. The molecule has 0 saturated carbocycles. The van der Waals surface area contributed by atoms with Crippen molar-refractivity contribution in [2.45, 2.75) is 39.7 Å². The lowest BCUT2D eigenvalue weighted by Gasteiger charge is -2.21. The summed E-state index contributed by atoms with van der Waals surface area (Å²) in [7, 11) is 1.77. The molecule has 100 valence electrons. The molecule has 0 fully saturated rings. The Bertz CT molecular complexity index is 400. The van der Waals surface area contributed by atoms with E-state index in [0.717, 1.165) is 18.7 Å². The minimum Gasteiger partial charge on any atom is -0.496 e. The fourth-order valence-corrected chi connectivity index (χ4v) is 2.87. The molecular weight excluding hydrogens is 222 g/mol. The van der Waals surface area contributed by atoms with Gasteiger partial charge in [-0.1, -0.05) is 32.9 Å². The maximum absolute atomic E-state index is 5.54. The van der Waals surface area contributed by atoms with Crippen LogP contribution in [0.4, 0.5) is 0 Å². The monoisotopic (exact) mass is 247 g/mol. The molecule has 0 spiro atoms. The Kier molecular flexibility index (Phi) is 4.28. The first-order valence-corrected chi connectivity index (χ1v) is 7.01. The molecule has 1 aromatic carbocycles. The van der Waals surface area contributed by atoms with E-state index in [1.165, 1.54) is 17.5 Å². The van der Waals surface area contributed by atoms with Gasteiger partial charge in [-0.2, -0.15) is 0 Å². The van der Waals surface area contributed by atoms with Gasteiger partial charge < -0.3 is 10.1 Å². The molecule has 0 bridgehead atoms. The topological polar surface area (TPSA) is 21.3 Å². The van der Waals surface area contributed by atoms with Crippen molar-refractivity contribution < 1.29 is 4.74 Å². The van der Waals surface area contributed by atoms with Crippen LogP contribution in [0.2, 0.25) is 0 Å². The lowest BCUT2D eigenvalue weighted by atomic mass is 9.91. The van der Waals surface area contributed by atoms with E-state index in [4.69, 9.17) is 4.74 Å². The molecule has 2 nitrogen and oxygen atoms in total. The van der Waals surface area contributed by atoms with Crippen LogP contribution in [0, 0.1) is 11.8 Å². The highest BCUT2D eigenvalue weighted by atomic mass is 16.5. The van der Waals surface area contributed by atoms with Gasteiger partial charge in [-0.15, -0.1) is 0 Å². The van der Waals surface area contributed by atoms with Crippen molar-refractivity contribution in [2.75, 3.05) is 13.7 Å². The smallest absolute Gasteiger partial charge is 0.122 e. The fraction of sp³-hybridized carbons (Fsp3) is 0.625. The summed E-state index contributed by atoms with van der Waals surface area (Å²) in [5.74, 6) is 2.42. The minimum absolute atomic E-state index is 0.472. The van der Waals surface area contributed by atoms with Crippen LogP contribution in [0.15, 0.2) is 18.2 Å². The second-order valence-electron chi connectivity index (χ2n) is 5.93. The summed E-state index contributed by atoms with van der Waals surface area (Å²) >= 11 is 0. The van der Waals surface area contributed by atoms with Gasteiger partial charge in [-0.25, -0.2) is 0 Å². The van der Waals surface area contributed by atoms with Crippen LogP contribution < -0.4 is 10.1 Å². The largest absolute Gasteiger partial charge is 0.496 e. The molecule has 2 unspecified atom stereocenters. The van der Waals surface area contributed by atoms with E-state index in [-0.39, 0.29) is 0 Å². The number of fused-ring (bicyclic) bond motifs is 1. The van der Waals surface area contributed by atoms with Crippen LogP contribution in [0.1, 0.15) is 44.4 Å². The highest BCUT2D eigenvalue weighted by Gasteiger charge is 2.24. The number of hydrogen-bond acceptors (Lipinski definition) is 2. The van der Waals surface area contributed by atoms with Crippen molar-refractivity contribution in [3.63, 3.8) is 0 Å². The van der Waals surface area contributed by atoms with Crippen molar-refractivity contribution in [3.8, 4) is 5.75 Å². The zero-order chi connectivity index (χ0) is 13.1. The Morgan fingerprint density at radius 1 is 1.39 bits per heavy atom. The third-order valence-corrected chi connectivity index (χ3v) is 3.74. The predicted octanol–water partition coefficient (Wildman–Crippen LogP) is 3.56. The number of nitrogens with one attached hydrogen (secondary N) is 1. The number of hydrogen-bond donors (Lipinski definition) is 1. The van der Waals surface area contributed by atoms with Gasteiger partial charge >= 0.3 is 0 Å². The maximum Gasteiger partial charge on any atom is 0.122 e. The average Bonchev–Trinajstić information content (AvgIpc) is 2.48. The van der Waals surface area contributed by atoms with E-state index in [1.54, 1.807) is 7.11 Å². The van der Waals surface area contributed by atoms with Crippen LogP contribution in [-0.2, 0) is 6.42 Å². The summed E-state index contributed by atoms with van der Waals surface area (Å²) in [6.07, 6.45) is 2.30. The lowest BCUT2D eigenvalue weighted by Crippen LogP contribution is -2.25. The first kappa shape index (κ1) is 13.4. The molecule has 2 atom stereocenters. The van der Waals surface area contributed by atoms with E-state index in [1.807, 2.05) is 0 Å². The highest BCUT2D eigenvalue weighted by molar-refractivity contribution is 5.43. The average molecular weight is 247 g/mol. The van der Waals surface area contributed by atoms with Crippen LogP contribution in [0.25, 0.3) is 0 Å². The normalized spacial score (nSPS) is 23.6. The number of rotatable bonds is 3. The number of ether oxygens (including phenoxy) is 1. The van der Waals surface area contributed by atoms with Gasteiger partial charge in [-0.05, 0) is 48.4 Å². The van der Waals surface area contributed by atoms with Crippen LogP contribution in [0.5, 0.6) is 5.75 Å². The third kappa shape index (κ3) is 2.86. The second-order valence-corrected chi connectivity index (χ2v) is 5.93. The molecule has 0 aromatic heterocycles. The molecule has 1 aliphatic rings. The zero-order valence-corrected chi connectivity index (χ0v) is 12.0. The minimum atomic E-state index is 0.472. The summed E-state index contributed by atoms with van der Waals surface area (Å²) < 4.78 is 5.54. The van der Waals surface area contributed by atoms with Crippen molar-refractivity contribution in [3.05, 3.63) is 29.3 Å². The molecule has 0 amide bonds. The molecule has 1 aliphatic heterocycles. The SMILES string of the molecule is COc1cccc2c1CC(C)CNC2CC(C)C. The predicted molar refractivity (Wildman–Crippen MR) is 76.1 cm³/mol.